The van der Waals surface area contributed by atoms with Gasteiger partial charge in [0.15, 0.2) is 12.5 Å². The summed E-state index contributed by atoms with van der Waals surface area (Å²) in [6, 6.07) is 0. The zero-order valence-electron chi connectivity index (χ0n) is 18.7. The zero-order valence-corrected chi connectivity index (χ0v) is 22.5. The first-order valence-corrected chi connectivity index (χ1v) is 12.8. The summed E-state index contributed by atoms with van der Waals surface area (Å²) >= 11 is 0. The molecule has 0 spiro atoms. The van der Waals surface area contributed by atoms with Crippen LogP contribution in [0.4, 0.5) is 0 Å². The number of aromatic nitrogens is 3. The van der Waals surface area contributed by atoms with E-state index in [2.05, 4.69) is 18.5 Å². The van der Waals surface area contributed by atoms with Crippen molar-refractivity contribution in [1.29, 1.82) is 0 Å². The SMILES string of the molecule is O=c1cnn(C2OC(COP(=O)(O)OP(=O)(O)OC3OC(CO)C(O)C(O)C3O)C(O)C2O)c(=O)[nH]1.[Na+]. The van der Waals surface area contributed by atoms with E-state index in [-0.39, 0.29) is 29.6 Å². The van der Waals surface area contributed by atoms with Crippen LogP contribution in [0.1, 0.15) is 6.23 Å². The minimum absolute atomic E-state index is 0. The Morgan fingerprint density at radius 2 is 1.57 bits per heavy atom. The summed E-state index contributed by atoms with van der Waals surface area (Å²) in [4.78, 5) is 44.3. The molecule has 0 radical (unpaired) electrons. The van der Waals surface area contributed by atoms with E-state index in [1.807, 2.05) is 4.98 Å². The normalized spacial score (nSPS) is 37.4. The molecule has 3 heterocycles. The predicted molar refractivity (Wildman–Crippen MR) is 107 cm³/mol. The number of nitrogens with one attached hydrogen (secondary N) is 1. The van der Waals surface area contributed by atoms with Crippen LogP contribution in [0, 0.1) is 0 Å². The number of hydrogen-bond donors (Lipinski definition) is 9. The first kappa shape index (κ1) is 32.8. The van der Waals surface area contributed by atoms with E-state index in [4.69, 9.17) is 14.6 Å². The minimum Gasteiger partial charge on any atom is -0.394 e. The van der Waals surface area contributed by atoms with Crippen LogP contribution in [0.3, 0.4) is 0 Å². The molecule has 2 aliphatic rings. The number of H-pyrrole nitrogens is 1. The Labute approximate surface area is 227 Å². The van der Waals surface area contributed by atoms with Gasteiger partial charge in [0.05, 0.1) is 13.2 Å². The summed E-state index contributed by atoms with van der Waals surface area (Å²) in [6.07, 6.45) is -15.9. The van der Waals surface area contributed by atoms with E-state index in [1.54, 1.807) is 0 Å². The second-order valence-corrected chi connectivity index (χ2v) is 10.5. The molecule has 3 rings (SSSR count). The van der Waals surface area contributed by atoms with Crippen molar-refractivity contribution in [3.05, 3.63) is 27.0 Å². The average molecular weight is 590 g/mol. The number of phosphoric ester groups is 2. The number of nitrogens with zero attached hydrogens (tertiary/aromatic N) is 2. The Morgan fingerprint density at radius 3 is 2.16 bits per heavy atom. The summed E-state index contributed by atoms with van der Waals surface area (Å²) in [5.41, 5.74) is -1.97. The number of ether oxygens (including phenoxy) is 2. The van der Waals surface area contributed by atoms with Gasteiger partial charge in [-0.2, -0.15) is 14.1 Å². The third kappa shape index (κ3) is 7.82. The minimum atomic E-state index is -5.60. The Kier molecular flexibility index (Phi) is 11.3. The van der Waals surface area contributed by atoms with E-state index in [0.29, 0.717) is 10.9 Å². The molecule has 9 N–H and O–H groups in total. The topological polar surface area (TPSA) is 310 Å². The zero-order chi connectivity index (χ0) is 27.0. The number of hydrogen-bond acceptors (Lipinski definition) is 16. The Morgan fingerprint density at radius 1 is 0.946 bits per heavy atom. The molecule has 0 aromatic carbocycles. The summed E-state index contributed by atoms with van der Waals surface area (Å²) in [7, 11) is -11.1. The molecule has 37 heavy (non-hydrogen) atoms. The van der Waals surface area contributed by atoms with Crippen molar-refractivity contribution in [1.82, 2.24) is 14.8 Å². The number of aromatic amines is 1. The Balaban J connectivity index is 0.00000481. The van der Waals surface area contributed by atoms with Crippen LogP contribution in [0.5, 0.6) is 0 Å². The summed E-state index contributed by atoms with van der Waals surface area (Å²) in [5.74, 6) is 0. The maximum absolute atomic E-state index is 12.1. The number of phosphoric acid groups is 2. The predicted octanol–water partition coefficient (Wildman–Crippen LogP) is -8.39. The molecule has 2 saturated heterocycles. The van der Waals surface area contributed by atoms with Crippen LogP contribution in [0.25, 0.3) is 0 Å². The van der Waals surface area contributed by atoms with Crippen molar-refractivity contribution >= 4 is 15.6 Å². The quantitative estimate of drug-likeness (QED) is 0.0952. The van der Waals surface area contributed by atoms with E-state index in [9.17, 15) is 54.0 Å². The molecule has 0 saturated carbocycles. The van der Waals surface area contributed by atoms with Gasteiger partial charge in [-0.3, -0.25) is 18.8 Å². The maximum Gasteiger partial charge on any atom is 1.00 e. The average Bonchev–Trinajstić information content (AvgIpc) is 3.06. The molecule has 206 valence electrons. The van der Waals surface area contributed by atoms with Crippen molar-refractivity contribution in [3.8, 4) is 0 Å². The summed E-state index contributed by atoms with van der Waals surface area (Å²) in [6.45, 7) is -1.96. The molecule has 2 fully saturated rings. The molecule has 20 nitrogen and oxygen atoms in total. The van der Waals surface area contributed by atoms with Gasteiger partial charge in [-0.25, -0.2) is 13.9 Å². The van der Waals surface area contributed by atoms with E-state index in [1.165, 1.54) is 0 Å². The van der Waals surface area contributed by atoms with Crippen LogP contribution in [0.2, 0.25) is 0 Å². The van der Waals surface area contributed by atoms with Crippen molar-refractivity contribution in [2.75, 3.05) is 13.2 Å². The third-order valence-electron chi connectivity index (χ3n) is 5.01. The van der Waals surface area contributed by atoms with E-state index >= 15 is 0 Å². The number of aliphatic hydroxyl groups excluding tert-OH is 6. The maximum atomic E-state index is 12.1. The van der Waals surface area contributed by atoms with Gasteiger partial charge in [0.2, 0.25) is 0 Å². The van der Waals surface area contributed by atoms with Gasteiger partial charge < -0.3 is 49.9 Å². The largest absolute Gasteiger partial charge is 1.00 e. The first-order chi connectivity index (χ1) is 16.7. The van der Waals surface area contributed by atoms with Crippen molar-refractivity contribution in [2.45, 2.75) is 55.2 Å². The molecule has 2 aliphatic heterocycles. The van der Waals surface area contributed by atoms with Gasteiger partial charge in [0.25, 0.3) is 5.56 Å². The molecular weight excluding hydrogens is 567 g/mol. The summed E-state index contributed by atoms with van der Waals surface area (Å²) < 4.78 is 47.7. The fourth-order valence-electron chi connectivity index (χ4n) is 3.24. The van der Waals surface area contributed by atoms with Crippen LogP contribution in [-0.2, 0) is 32.0 Å². The molecule has 0 amide bonds. The molecule has 23 heteroatoms. The van der Waals surface area contributed by atoms with Crippen molar-refractivity contribution in [3.63, 3.8) is 0 Å². The second kappa shape index (κ2) is 12.8. The smallest absolute Gasteiger partial charge is 0.394 e. The molecule has 1 aromatic heterocycles. The van der Waals surface area contributed by atoms with Crippen LogP contribution < -0.4 is 40.8 Å². The second-order valence-electron chi connectivity index (χ2n) is 7.55. The molecule has 0 aliphatic carbocycles. The van der Waals surface area contributed by atoms with Crippen LogP contribution >= 0.6 is 15.6 Å². The first-order valence-electron chi connectivity index (χ1n) is 9.86. The van der Waals surface area contributed by atoms with Gasteiger partial charge >= 0.3 is 50.9 Å². The van der Waals surface area contributed by atoms with Crippen molar-refractivity contribution < 1.29 is 102 Å². The van der Waals surface area contributed by atoms with Gasteiger partial charge in [0, 0.05) is 0 Å². The molecule has 0 bridgehead atoms. The summed E-state index contributed by atoms with van der Waals surface area (Å²) in [5, 5.41) is 61.9. The monoisotopic (exact) mass is 590 g/mol. The van der Waals surface area contributed by atoms with Gasteiger partial charge in [0.1, 0.15) is 48.9 Å². The molecule has 11 atom stereocenters. The fraction of sp³-hybridized carbons (Fsp3) is 0.786. The Bertz CT molecular complexity index is 1130. The Hall–Kier alpha value is -0.450. The van der Waals surface area contributed by atoms with Gasteiger partial charge in [-0.1, -0.05) is 0 Å². The van der Waals surface area contributed by atoms with Crippen LogP contribution in [0.15, 0.2) is 15.8 Å². The fourth-order valence-corrected chi connectivity index (χ4v) is 5.40. The number of aliphatic hydroxyl groups is 6. The third-order valence-corrected chi connectivity index (χ3v) is 7.61. The van der Waals surface area contributed by atoms with E-state index in [0.717, 1.165) is 0 Å². The van der Waals surface area contributed by atoms with E-state index < -0.39 is 95.4 Å². The molecule has 11 unspecified atom stereocenters. The number of rotatable bonds is 9. The standard InChI is InChI=1S/C14H23N3O17P2.Na/c18-2-4-7(20)9(22)11(24)13(32-4)33-36(28,29)34-35(26,27)30-3-5-8(21)10(23)12(31-5)17-14(25)16-6(19)1-15-17;/h1,4-5,7-13,18,20-24H,2-3H2,(H,26,27)(H,28,29)(H,16,19,25);/q;+1. The van der Waals surface area contributed by atoms with Crippen LogP contribution in [-0.4, -0.2) is 117 Å². The van der Waals surface area contributed by atoms with Crippen molar-refractivity contribution in [2.24, 2.45) is 0 Å². The molecule has 1 aromatic rings. The molecular formula is C14H23N3NaO17P2+. The van der Waals surface area contributed by atoms with Gasteiger partial charge in [-0.15, -0.1) is 0 Å². The van der Waals surface area contributed by atoms with Gasteiger partial charge in [-0.05, 0) is 0 Å².